The van der Waals surface area contributed by atoms with Gasteiger partial charge in [0.25, 0.3) is 0 Å². The Balaban J connectivity index is 2.49. The van der Waals surface area contributed by atoms with Crippen molar-refractivity contribution in [2.75, 3.05) is 26.1 Å². The van der Waals surface area contributed by atoms with E-state index < -0.39 is 36.8 Å². The van der Waals surface area contributed by atoms with Crippen molar-refractivity contribution in [3.8, 4) is 0 Å². The molecule has 10 nitrogen and oxygen atoms in total. The van der Waals surface area contributed by atoms with Crippen LogP contribution in [0.2, 0.25) is 0 Å². The first kappa shape index (κ1) is 19.0. The zero-order valence-corrected chi connectivity index (χ0v) is 12.1. The van der Waals surface area contributed by atoms with Crippen LogP contribution in [0.1, 0.15) is 0 Å². The molecule has 6 unspecified atom stereocenters. The van der Waals surface area contributed by atoms with Gasteiger partial charge in [-0.1, -0.05) is 5.04 Å². The highest BCUT2D eigenvalue weighted by Crippen LogP contribution is 2.25. The maximum Gasteiger partial charge on any atom is 0.186 e. The van der Waals surface area contributed by atoms with Crippen molar-refractivity contribution in [1.29, 1.82) is 0 Å². The highest BCUT2D eigenvalue weighted by Gasteiger charge is 2.44. The first-order valence-corrected chi connectivity index (χ1v) is 7.00. The standard InChI is InChI=1S/C10H20O10S/c1-16-2-5(11)3-17-10-9(14)8(13)7(12)6(18-10)4-21-20-19-15/h5-15H,2-4H2,1H3. The van der Waals surface area contributed by atoms with Gasteiger partial charge in [0.15, 0.2) is 6.29 Å². The third-order valence-corrected chi connectivity index (χ3v) is 3.41. The van der Waals surface area contributed by atoms with Gasteiger partial charge in [-0.25, -0.2) is 5.26 Å². The van der Waals surface area contributed by atoms with Gasteiger partial charge in [0.2, 0.25) is 0 Å². The molecule has 1 fully saturated rings. The van der Waals surface area contributed by atoms with E-state index in [4.69, 9.17) is 19.5 Å². The summed E-state index contributed by atoms with van der Waals surface area (Å²) in [6.45, 7) is -0.149. The lowest BCUT2D eigenvalue weighted by atomic mass is 10.00. The number of ether oxygens (including phenoxy) is 3. The molecule has 0 bridgehead atoms. The van der Waals surface area contributed by atoms with E-state index in [0.29, 0.717) is 12.0 Å². The Bertz CT molecular complexity index is 283. The molecule has 0 saturated carbocycles. The molecular formula is C10H20O10S. The quantitative estimate of drug-likeness (QED) is 0.137. The van der Waals surface area contributed by atoms with Crippen LogP contribution in [-0.4, -0.2) is 88.6 Å². The van der Waals surface area contributed by atoms with Crippen LogP contribution in [0.15, 0.2) is 0 Å². The zero-order chi connectivity index (χ0) is 15.8. The van der Waals surface area contributed by atoms with Crippen LogP contribution in [-0.2, 0) is 23.6 Å². The Morgan fingerprint density at radius 2 is 1.86 bits per heavy atom. The van der Waals surface area contributed by atoms with Crippen LogP contribution in [0.25, 0.3) is 0 Å². The lowest BCUT2D eigenvalue weighted by Crippen LogP contribution is -2.59. The van der Waals surface area contributed by atoms with E-state index in [1.165, 1.54) is 7.11 Å². The lowest BCUT2D eigenvalue weighted by molar-refractivity contribution is -0.432. The van der Waals surface area contributed by atoms with E-state index in [-0.39, 0.29) is 19.0 Å². The zero-order valence-electron chi connectivity index (χ0n) is 11.3. The summed E-state index contributed by atoms with van der Waals surface area (Å²) in [4.78, 5) is 0. The summed E-state index contributed by atoms with van der Waals surface area (Å²) in [6.07, 6.45) is -7.45. The number of hydrogen-bond donors (Lipinski definition) is 5. The van der Waals surface area contributed by atoms with Crippen LogP contribution in [0.4, 0.5) is 0 Å². The third-order valence-electron chi connectivity index (χ3n) is 2.79. The van der Waals surface area contributed by atoms with Crippen LogP contribution in [0.3, 0.4) is 0 Å². The SMILES string of the molecule is COCC(O)COC1OC(CSOOO)C(O)C(O)C1O. The fourth-order valence-corrected chi connectivity index (χ4v) is 2.26. The predicted molar refractivity (Wildman–Crippen MR) is 67.8 cm³/mol. The van der Waals surface area contributed by atoms with Crippen molar-refractivity contribution >= 4 is 12.0 Å². The van der Waals surface area contributed by atoms with Gasteiger partial charge in [-0.2, -0.15) is 0 Å². The van der Waals surface area contributed by atoms with Crippen LogP contribution in [0, 0.1) is 0 Å². The van der Waals surface area contributed by atoms with Gasteiger partial charge in [0.05, 0.1) is 19.0 Å². The Morgan fingerprint density at radius 3 is 2.48 bits per heavy atom. The van der Waals surface area contributed by atoms with E-state index in [0.717, 1.165) is 0 Å². The first-order valence-electron chi connectivity index (χ1n) is 6.09. The van der Waals surface area contributed by atoms with E-state index in [9.17, 15) is 20.4 Å². The molecule has 11 heteroatoms. The first-order chi connectivity index (χ1) is 10.0. The van der Waals surface area contributed by atoms with Gasteiger partial charge in [-0.3, -0.25) is 0 Å². The highest BCUT2D eigenvalue weighted by atomic mass is 32.2. The molecule has 1 heterocycles. The van der Waals surface area contributed by atoms with Gasteiger partial charge in [0.1, 0.15) is 30.5 Å². The van der Waals surface area contributed by atoms with Crippen molar-refractivity contribution in [3.63, 3.8) is 0 Å². The van der Waals surface area contributed by atoms with Crippen molar-refractivity contribution in [2.45, 2.75) is 36.8 Å². The van der Waals surface area contributed by atoms with Crippen molar-refractivity contribution in [2.24, 2.45) is 0 Å². The Hall–Kier alpha value is -0.0500. The molecule has 1 aliphatic rings. The number of aliphatic hydroxyl groups excluding tert-OH is 4. The highest BCUT2D eigenvalue weighted by molar-refractivity contribution is 7.94. The normalized spacial score (nSPS) is 34.9. The molecule has 126 valence electrons. The van der Waals surface area contributed by atoms with Gasteiger partial charge < -0.3 is 34.6 Å². The monoisotopic (exact) mass is 332 g/mol. The lowest BCUT2D eigenvalue weighted by Gasteiger charge is -2.40. The summed E-state index contributed by atoms with van der Waals surface area (Å²) in [5, 5.41) is 50.1. The van der Waals surface area contributed by atoms with Crippen molar-refractivity contribution in [3.05, 3.63) is 0 Å². The average molecular weight is 332 g/mol. The molecule has 1 aliphatic heterocycles. The molecule has 0 aromatic rings. The fourth-order valence-electron chi connectivity index (χ4n) is 1.75. The minimum Gasteiger partial charge on any atom is -0.388 e. The minimum absolute atomic E-state index is 0.00795. The van der Waals surface area contributed by atoms with Crippen LogP contribution >= 0.6 is 12.0 Å². The maximum absolute atomic E-state index is 9.76. The molecule has 0 aromatic carbocycles. The predicted octanol–water partition coefficient (Wildman–Crippen LogP) is -2.11. The van der Waals surface area contributed by atoms with Gasteiger partial charge >= 0.3 is 0 Å². The largest absolute Gasteiger partial charge is 0.388 e. The fraction of sp³-hybridized carbons (Fsp3) is 1.00. The molecule has 1 rings (SSSR count). The Kier molecular flexibility index (Phi) is 8.92. The molecule has 0 aromatic heterocycles. The van der Waals surface area contributed by atoms with Gasteiger partial charge in [0, 0.05) is 19.2 Å². The van der Waals surface area contributed by atoms with Crippen LogP contribution in [0.5, 0.6) is 0 Å². The Labute approximate surface area is 125 Å². The van der Waals surface area contributed by atoms with Gasteiger partial charge in [-0.15, -0.1) is 4.33 Å². The topological polar surface area (TPSA) is 147 Å². The summed E-state index contributed by atoms with van der Waals surface area (Å²) in [6, 6.07) is 0. The summed E-state index contributed by atoms with van der Waals surface area (Å²) in [7, 11) is 1.41. The third kappa shape index (κ3) is 5.92. The van der Waals surface area contributed by atoms with Gasteiger partial charge in [-0.05, 0) is 0 Å². The molecule has 0 amide bonds. The molecule has 5 N–H and O–H groups in total. The second-order valence-electron chi connectivity index (χ2n) is 4.38. The van der Waals surface area contributed by atoms with Crippen LogP contribution < -0.4 is 0 Å². The average Bonchev–Trinajstić information content (AvgIpc) is 2.46. The second-order valence-corrected chi connectivity index (χ2v) is 5.09. The smallest absolute Gasteiger partial charge is 0.186 e. The van der Waals surface area contributed by atoms with Crippen molar-refractivity contribution in [1.82, 2.24) is 0 Å². The summed E-state index contributed by atoms with van der Waals surface area (Å²) >= 11 is 0.626. The van der Waals surface area contributed by atoms with E-state index in [1.54, 1.807) is 0 Å². The molecule has 0 aliphatic carbocycles. The summed E-state index contributed by atoms with van der Waals surface area (Å²) in [5.74, 6) is -0.00795. The van der Waals surface area contributed by atoms with E-state index >= 15 is 0 Å². The number of hydrogen-bond acceptors (Lipinski definition) is 11. The number of rotatable bonds is 9. The van der Waals surface area contributed by atoms with E-state index in [2.05, 4.69) is 9.37 Å². The molecule has 21 heavy (non-hydrogen) atoms. The maximum atomic E-state index is 9.76. The second kappa shape index (κ2) is 9.86. The molecule has 1 saturated heterocycles. The van der Waals surface area contributed by atoms with Crippen molar-refractivity contribution < 1.29 is 49.3 Å². The minimum atomic E-state index is -1.50. The summed E-state index contributed by atoms with van der Waals surface area (Å²) in [5.41, 5.74) is 0. The molecular weight excluding hydrogens is 312 g/mol. The number of aliphatic hydroxyl groups is 4. The summed E-state index contributed by atoms with van der Waals surface area (Å²) < 4.78 is 19.3. The number of methoxy groups -OCH3 is 1. The molecule has 0 radical (unpaired) electrons. The molecule has 6 atom stereocenters. The molecule has 0 spiro atoms. The Morgan fingerprint density at radius 1 is 1.14 bits per heavy atom. The van der Waals surface area contributed by atoms with E-state index in [1.807, 2.05) is 0 Å².